The number of anilines is 1. The molecule has 0 radical (unpaired) electrons. The molecule has 31 heavy (non-hydrogen) atoms. The fraction of sp³-hybridized carbons (Fsp3) is 0.632. The zero-order chi connectivity index (χ0) is 23.1. The summed E-state index contributed by atoms with van der Waals surface area (Å²) in [6.07, 6.45) is -2.02. The molecule has 2 heterocycles. The number of ether oxygens (including phenoxy) is 4. The third kappa shape index (κ3) is 6.48. The molecule has 0 spiro atoms. The second kappa shape index (κ2) is 10.8. The number of esters is 2. The normalized spacial score (nSPS) is 22.6. The predicted molar refractivity (Wildman–Crippen MR) is 104 cm³/mol. The Morgan fingerprint density at radius 2 is 1.84 bits per heavy atom. The molecule has 1 aromatic rings. The molecule has 11 nitrogen and oxygen atoms in total. The predicted octanol–water partition coefficient (Wildman–Crippen LogP) is 1.90. The molecule has 0 unspecified atom stereocenters. The molecular formula is C19H26FN3O8. The fourth-order valence-electron chi connectivity index (χ4n) is 3.06. The van der Waals surface area contributed by atoms with Crippen LogP contribution in [-0.4, -0.2) is 52.5 Å². The molecular weight excluding hydrogens is 417 g/mol. The summed E-state index contributed by atoms with van der Waals surface area (Å²) in [4.78, 5) is 50.7. The van der Waals surface area contributed by atoms with Gasteiger partial charge >= 0.3 is 23.7 Å². The van der Waals surface area contributed by atoms with Crippen LogP contribution in [-0.2, 0) is 28.5 Å². The number of halogens is 1. The number of hydrogen-bond acceptors (Lipinski definition) is 9. The second-order valence-electron chi connectivity index (χ2n) is 6.98. The lowest BCUT2D eigenvalue weighted by atomic mass is 10.1. The Labute approximate surface area is 177 Å². The van der Waals surface area contributed by atoms with Crippen molar-refractivity contribution < 1.29 is 37.7 Å². The van der Waals surface area contributed by atoms with Gasteiger partial charge in [0, 0.05) is 13.8 Å². The highest BCUT2D eigenvalue weighted by Crippen LogP contribution is 2.33. The monoisotopic (exact) mass is 443 g/mol. The van der Waals surface area contributed by atoms with E-state index in [2.05, 4.69) is 10.3 Å². The van der Waals surface area contributed by atoms with Crippen LogP contribution in [0.1, 0.15) is 53.2 Å². The molecule has 0 aliphatic carbocycles. The van der Waals surface area contributed by atoms with Crippen molar-refractivity contribution in [1.82, 2.24) is 9.55 Å². The number of unbranched alkanes of at least 4 members (excludes halogenated alkanes) is 2. The Bertz CT molecular complexity index is 874. The van der Waals surface area contributed by atoms with E-state index in [-0.39, 0.29) is 6.61 Å². The number of rotatable bonds is 8. The first-order chi connectivity index (χ1) is 14.6. The van der Waals surface area contributed by atoms with E-state index in [4.69, 9.17) is 18.9 Å². The first-order valence-electron chi connectivity index (χ1n) is 9.86. The Morgan fingerprint density at radius 3 is 2.45 bits per heavy atom. The van der Waals surface area contributed by atoms with Gasteiger partial charge < -0.3 is 18.9 Å². The quantitative estimate of drug-likeness (QED) is 0.363. The number of nitrogens with one attached hydrogen (secondary N) is 1. The number of amides is 1. The third-order valence-corrected chi connectivity index (χ3v) is 4.41. The standard InChI is InChI=1S/C19H26FN3O8/c1-5-6-7-8-28-19(27)22-16-13(20)9-23(18(26)21-16)17-15(31-12(4)25)14(10(2)29-17)30-11(3)24/h9-10,14-15,17H,5-8H2,1-4H3,(H,21,22,26,27)/t10-,14-,15-,17+/m1/s1. The Balaban J connectivity index is 2.22. The number of aromatic nitrogens is 2. The van der Waals surface area contributed by atoms with Gasteiger partial charge in [-0.25, -0.2) is 14.0 Å². The lowest BCUT2D eigenvalue weighted by Crippen LogP contribution is -2.40. The fourth-order valence-corrected chi connectivity index (χ4v) is 3.06. The van der Waals surface area contributed by atoms with Crippen LogP contribution in [0.15, 0.2) is 11.0 Å². The highest BCUT2D eigenvalue weighted by molar-refractivity contribution is 5.83. The van der Waals surface area contributed by atoms with Crippen LogP contribution in [0.5, 0.6) is 0 Å². The SMILES string of the molecule is CCCCCOC(=O)Nc1nc(=O)n([C@H]2O[C@H](C)[C@@H](OC(C)=O)[C@H]2OC(C)=O)cc1F. The van der Waals surface area contributed by atoms with Gasteiger partial charge in [0.2, 0.25) is 0 Å². The van der Waals surface area contributed by atoms with Gasteiger partial charge in [0.1, 0.15) is 0 Å². The molecule has 1 fully saturated rings. The van der Waals surface area contributed by atoms with Gasteiger partial charge in [-0.15, -0.1) is 0 Å². The maximum Gasteiger partial charge on any atom is 0.412 e. The topological polar surface area (TPSA) is 135 Å². The summed E-state index contributed by atoms with van der Waals surface area (Å²) < 4.78 is 36.1. The van der Waals surface area contributed by atoms with Crippen LogP contribution >= 0.6 is 0 Å². The molecule has 1 saturated heterocycles. The maximum absolute atomic E-state index is 14.5. The van der Waals surface area contributed by atoms with Crippen LogP contribution in [0.4, 0.5) is 15.0 Å². The van der Waals surface area contributed by atoms with Gasteiger partial charge in [-0.1, -0.05) is 19.8 Å². The summed E-state index contributed by atoms with van der Waals surface area (Å²) in [6.45, 7) is 5.98. The van der Waals surface area contributed by atoms with Crippen molar-refractivity contribution in [2.75, 3.05) is 11.9 Å². The van der Waals surface area contributed by atoms with E-state index < -0.39 is 59.9 Å². The highest BCUT2D eigenvalue weighted by Gasteiger charge is 2.48. The van der Waals surface area contributed by atoms with Crippen LogP contribution in [0.2, 0.25) is 0 Å². The van der Waals surface area contributed by atoms with E-state index in [0.717, 1.165) is 30.5 Å². The zero-order valence-corrected chi connectivity index (χ0v) is 17.8. The lowest BCUT2D eigenvalue weighted by molar-refractivity contribution is -0.165. The molecule has 2 rings (SSSR count). The Morgan fingerprint density at radius 1 is 1.19 bits per heavy atom. The third-order valence-electron chi connectivity index (χ3n) is 4.41. The smallest absolute Gasteiger partial charge is 0.412 e. The minimum absolute atomic E-state index is 0.147. The van der Waals surface area contributed by atoms with Gasteiger partial charge in [-0.3, -0.25) is 19.5 Å². The maximum atomic E-state index is 14.5. The van der Waals surface area contributed by atoms with Crippen molar-refractivity contribution in [2.45, 2.75) is 71.5 Å². The van der Waals surface area contributed by atoms with Crippen LogP contribution in [0.25, 0.3) is 0 Å². The van der Waals surface area contributed by atoms with E-state index >= 15 is 0 Å². The summed E-state index contributed by atoms with van der Waals surface area (Å²) in [6, 6.07) is 0. The lowest BCUT2D eigenvalue weighted by Gasteiger charge is -2.23. The Hall–Kier alpha value is -3.02. The van der Waals surface area contributed by atoms with E-state index in [1.165, 1.54) is 6.92 Å². The molecule has 1 N–H and O–H groups in total. The first-order valence-corrected chi connectivity index (χ1v) is 9.86. The average Bonchev–Trinajstić information content (AvgIpc) is 2.96. The molecule has 4 atom stereocenters. The average molecular weight is 443 g/mol. The second-order valence-corrected chi connectivity index (χ2v) is 6.98. The molecule has 0 aromatic carbocycles. The summed E-state index contributed by atoms with van der Waals surface area (Å²) >= 11 is 0. The van der Waals surface area contributed by atoms with E-state index in [1.54, 1.807) is 6.92 Å². The minimum atomic E-state index is -1.30. The zero-order valence-electron chi connectivity index (χ0n) is 17.8. The van der Waals surface area contributed by atoms with Gasteiger partial charge in [0.25, 0.3) is 0 Å². The van der Waals surface area contributed by atoms with Crippen molar-refractivity contribution in [1.29, 1.82) is 0 Å². The number of carbonyl (C=O) groups excluding carboxylic acids is 3. The van der Waals surface area contributed by atoms with Gasteiger partial charge in [0.05, 0.1) is 18.9 Å². The van der Waals surface area contributed by atoms with Crippen LogP contribution in [0, 0.1) is 5.82 Å². The summed E-state index contributed by atoms with van der Waals surface area (Å²) in [7, 11) is 0. The van der Waals surface area contributed by atoms with Crippen molar-refractivity contribution in [3.8, 4) is 0 Å². The van der Waals surface area contributed by atoms with Crippen LogP contribution < -0.4 is 11.0 Å². The van der Waals surface area contributed by atoms with Crippen molar-refractivity contribution >= 4 is 23.8 Å². The van der Waals surface area contributed by atoms with Gasteiger partial charge in [-0.05, 0) is 13.3 Å². The summed E-state index contributed by atoms with van der Waals surface area (Å²) in [5, 5.41) is 2.08. The number of carbonyl (C=O) groups is 3. The molecule has 0 bridgehead atoms. The molecule has 172 valence electrons. The van der Waals surface area contributed by atoms with Crippen molar-refractivity contribution in [3.05, 3.63) is 22.5 Å². The molecule has 1 amide bonds. The molecule has 1 aromatic heterocycles. The first kappa shape index (κ1) is 24.3. The van der Waals surface area contributed by atoms with Crippen molar-refractivity contribution in [2.24, 2.45) is 0 Å². The Kier molecular flexibility index (Phi) is 8.48. The van der Waals surface area contributed by atoms with Crippen molar-refractivity contribution in [3.63, 3.8) is 0 Å². The molecule has 12 heteroatoms. The molecule has 1 aliphatic heterocycles. The van der Waals surface area contributed by atoms with Gasteiger partial charge in [0.15, 0.2) is 30.1 Å². The van der Waals surface area contributed by atoms with E-state index in [0.29, 0.717) is 6.42 Å². The molecule has 0 saturated carbocycles. The number of nitrogens with zero attached hydrogens (tertiary/aromatic N) is 2. The number of hydrogen-bond donors (Lipinski definition) is 1. The van der Waals surface area contributed by atoms with Gasteiger partial charge in [-0.2, -0.15) is 4.98 Å². The van der Waals surface area contributed by atoms with E-state index in [1.807, 2.05) is 6.92 Å². The van der Waals surface area contributed by atoms with Crippen LogP contribution in [0.3, 0.4) is 0 Å². The van der Waals surface area contributed by atoms with E-state index in [9.17, 15) is 23.6 Å². The summed E-state index contributed by atoms with van der Waals surface area (Å²) in [5.74, 6) is -3.02. The summed E-state index contributed by atoms with van der Waals surface area (Å²) in [5.41, 5.74) is -0.986. The highest BCUT2D eigenvalue weighted by atomic mass is 19.1. The minimum Gasteiger partial charge on any atom is -0.456 e. The molecule has 1 aliphatic rings. The largest absolute Gasteiger partial charge is 0.456 e.